The second-order valence-corrected chi connectivity index (χ2v) is 7.19. The maximum Gasteiger partial charge on any atom is 0.154 e. The van der Waals surface area contributed by atoms with Crippen LogP contribution in [0.1, 0.15) is 47.2 Å². The quantitative estimate of drug-likeness (QED) is 0.940. The molecule has 0 fully saturated rings. The van der Waals surface area contributed by atoms with Crippen LogP contribution < -0.4 is 4.90 Å². The summed E-state index contributed by atoms with van der Waals surface area (Å²) in [6.45, 7) is 13.5. The molecule has 2 aromatic heterocycles. The van der Waals surface area contributed by atoms with E-state index in [4.69, 9.17) is 0 Å². The highest BCUT2D eigenvalue weighted by atomic mass is 16.3. The largest absolute Gasteiger partial charge is 0.389 e. The lowest BCUT2D eigenvalue weighted by Crippen LogP contribution is -2.39. The molecule has 0 bridgehead atoms. The van der Waals surface area contributed by atoms with Crippen LogP contribution >= 0.6 is 0 Å². The Kier molecular flexibility index (Phi) is 3.97. The van der Waals surface area contributed by atoms with E-state index in [0.29, 0.717) is 6.54 Å². The topological polar surface area (TPSA) is 53.7 Å². The number of nitrogens with zero attached hydrogens (tertiary/aromatic N) is 4. The van der Waals surface area contributed by atoms with Crippen LogP contribution in [0.25, 0.3) is 5.52 Å². The van der Waals surface area contributed by atoms with Gasteiger partial charge in [0.05, 0.1) is 11.3 Å². The van der Waals surface area contributed by atoms with E-state index in [-0.39, 0.29) is 5.41 Å². The van der Waals surface area contributed by atoms with Crippen molar-refractivity contribution in [1.29, 1.82) is 0 Å². The first kappa shape index (κ1) is 15.8. The maximum absolute atomic E-state index is 10.1. The summed E-state index contributed by atoms with van der Waals surface area (Å²) in [5.74, 6) is 0.866. The Morgan fingerprint density at radius 1 is 1.24 bits per heavy atom. The zero-order valence-electron chi connectivity index (χ0n) is 13.9. The summed E-state index contributed by atoms with van der Waals surface area (Å²) in [5.41, 5.74) is 1.25. The molecule has 0 radical (unpaired) electrons. The average Bonchev–Trinajstić information content (AvgIpc) is 2.78. The first-order chi connectivity index (χ1) is 9.62. The second kappa shape index (κ2) is 5.30. The van der Waals surface area contributed by atoms with Gasteiger partial charge in [0.25, 0.3) is 0 Å². The third kappa shape index (κ3) is 3.53. The molecule has 0 aromatic carbocycles. The standard InChI is InChI=1S/C16H26N4O/c1-7-19(11-16(5,6)21)14-12-10-13(15(2,3)4)18-20(12)9-8-17-14/h8-10,21H,7,11H2,1-6H3. The number of likely N-dealkylation sites (N-methyl/N-ethyl adjacent to an activating group) is 1. The van der Waals surface area contributed by atoms with Gasteiger partial charge in [-0.3, -0.25) is 0 Å². The highest BCUT2D eigenvalue weighted by Crippen LogP contribution is 2.26. The molecule has 2 aromatic rings. The molecule has 5 heteroatoms. The Morgan fingerprint density at radius 3 is 2.43 bits per heavy atom. The van der Waals surface area contributed by atoms with Gasteiger partial charge in [-0.05, 0) is 26.8 Å². The van der Waals surface area contributed by atoms with Crippen molar-refractivity contribution < 1.29 is 5.11 Å². The van der Waals surface area contributed by atoms with Crippen molar-refractivity contribution in [2.24, 2.45) is 0 Å². The zero-order chi connectivity index (χ0) is 15.8. The van der Waals surface area contributed by atoms with E-state index < -0.39 is 5.60 Å². The van der Waals surface area contributed by atoms with Crippen molar-refractivity contribution >= 4 is 11.3 Å². The summed E-state index contributed by atoms with van der Waals surface area (Å²) in [7, 11) is 0. The van der Waals surface area contributed by atoms with Crippen LogP contribution in [-0.4, -0.2) is 38.4 Å². The molecular formula is C16H26N4O. The fourth-order valence-electron chi connectivity index (χ4n) is 2.32. The Hall–Kier alpha value is -1.62. The lowest BCUT2D eigenvalue weighted by Gasteiger charge is -2.29. The van der Waals surface area contributed by atoms with Crippen molar-refractivity contribution in [3.05, 3.63) is 24.2 Å². The minimum Gasteiger partial charge on any atom is -0.389 e. The predicted molar refractivity (Wildman–Crippen MR) is 85.9 cm³/mol. The van der Waals surface area contributed by atoms with E-state index in [1.807, 2.05) is 24.6 Å². The monoisotopic (exact) mass is 290 g/mol. The molecule has 0 aliphatic heterocycles. The number of rotatable bonds is 4. The van der Waals surface area contributed by atoms with Crippen molar-refractivity contribution in [1.82, 2.24) is 14.6 Å². The number of aliphatic hydroxyl groups is 1. The highest BCUT2D eigenvalue weighted by Gasteiger charge is 2.23. The SMILES string of the molecule is CCN(CC(C)(C)O)c1nccn2nc(C(C)(C)C)cc12. The third-order valence-electron chi connectivity index (χ3n) is 3.40. The summed E-state index contributed by atoms with van der Waals surface area (Å²) in [4.78, 5) is 6.60. The van der Waals surface area contributed by atoms with E-state index in [1.54, 1.807) is 6.20 Å². The summed E-state index contributed by atoms with van der Waals surface area (Å²) >= 11 is 0. The van der Waals surface area contributed by atoms with Gasteiger partial charge in [-0.2, -0.15) is 5.10 Å². The van der Waals surface area contributed by atoms with Crippen molar-refractivity contribution in [2.75, 3.05) is 18.0 Å². The Morgan fingerprint density at radius 2 is 1.90 bits per heavy atom. The van der Waals surface area contributed by atoms with Gasteiger partial charge in [-0.1, -0.05) is 20.8 Å². The van der Waals surface area contributed by atoms with Gasteiger partial charge in [0.1, 0.15) is 5.52 Å². The molecule has 0 amide bonds. The summed E-state index contributed by atoms with van der Waals surface area (Å²) in [5, 5.41) is 14.7. The Balaban J connectivity index is 2.50. The summed E-state index contributed by atoms with van der Waals surface area (Å²) in [6, 6.07) is 2.09. The molecule has 0 saturated carbocycles. The fraction of sp³-hybridized carbons (Fsp3) is 0.625. The lowest BCUT2D eigenvalue weighted by atomic mass is 9.92. The molecule has 2 heterocycles. The van der Waals surface area contributed by atoms with Crippen molar-refractivity contribution in [3.8, 4) is 0 Å². The maximum atomic E-state index is 10.1. The number of anilines is 1. The predicted octanol–water partition coefficient (Wildman–Crippen LogP) is 2.62. The smallest absolute Gasteiger partial charge is 0.154 e. The van der Waals surface area contributed by atoms with Crippen LogP contribution in [0.4, 0.5) is 5.82 Å². The summed E-state index contributed by atoms with van der Waals surface area (Å²) in [6.07, 6.45) is 3.63. The molecule has 0 saturated heterocycles. The van der Waals surface area contributed by atoms with E-state index in [9.17, 15) is 5.11 Å². The molecule has 5 nitrogen and oxygen atoms in total. The van der Waals surface area contributed by atoms with Crippen LogP contribution in [0.3, 0.4) is 0 Å². The van der Waals surface area contributed by atoms with Gasteiger partial charge in [0, 0.05) is 30.9 Å². The van der Waals surface area contributed by atoms with Crippen LogP contribution in [0, 0.1) is 0 Å². The van der Waals surface area contributed by atoms with E-state index in [0.717, 1.165) is 23.6 Å². The highest BCUT2D eigenvalue weighted by molar-refractivity contribution is 5.69. The van der Waals surface area contributed by atoms with Gasteiger partial charge >= 0.3 is 0 Å². The molecule has 0 atom stereocenters. The molecule has 0 aliphatic carbocycles. The van der Waals surface area contributed by atoms with Crippen LogP contribution in [-0.2, 0) is 5.41 Å². The minimum atomic E-state index is -0.766. The normalized spacial score (nSPS) is 12.9. The van der Waals surface area contributed by atoms with Gasteiger partial charge in [-0.15, -0.1) is 0 Å². The van der Waals surface area contributed by atoms with Gasteiger partial charge in [0.2, 0.25) is 0 Å². The Labute approximate surface area is 126 Å². The molecule has 1 N–H and O–H groups in total. The van der Waals surface area contributed by atoms with Crippen LogP contribution in [0.5, 0.6) is 0 Å². The molecule has 0 aliphatic rings. The third-order valence-corrected chi connectivity index (χ3v) is 3.40. The van der Waals surface area contributed by atoms with Crippen molar-refractivity contribution in [3.63, 3.8) is 0 Å². The summed E-state index contributed by atoms with van der Waals surface area (Å²) < 4.78 is 1.87. The first-order valence-electron chi connectivity index (χ1n) is 7.44. The molecule has 116 valence electrons. The molecule has 21 heavy (non-hydrogen) atoms. The lowest BCUT2D eigenvalue weighted by molar-refractivity contribution is 0.0874. The van der Waals surface area contributed by atoms with E-state index >= 15 is 0 Å². The van der Waals surface area contributed by atoms with Crippen molar-refractivity contribution in [2.45, 2.75) is 52.6 Å². The zero-order valence-corrected chi connectivity index (χ0v) is 13.9. The van der Waals surface area contributed by atoms with Gasteiger partial charge in [0.15, 0.2) is 5.82 Å². The Bertz CT molecular complexity index is 619. The van der Waals surface area contributed by atoms with E-state index in [2.05, 4.69) is 48.7 Å². The number of fused-ring (bicyclic) bond motifs is 1. The second-order valence-electron chi connectivity index (χ2n) is 7.19. The van der Waals surface area contributed by atoms with Crippen LogP contribution in [0.15, 0.2) is 18.5 Å². The number of hydrogen-bond acceptors (Lipinski definition) is 4. The van der Waals surface area contributed by atoms with E-state index in [1.165, 1.54) is 0 Å². The van der Waals surface area contributed by atoms with Crippen LogP contribution in [0.2, 0.25) is 0 Å². The van der Waals surface area contributed by atoms with Gasteiger partial charge < -0.3 is 10.0 Å². The minimum absolute atomic E-state index is 0.00339. The number of aromatic nitrogens is 3. The molecular weight excluding hydrogens is 264 g/mol. The molecule has 2 rings (SSSR count). The number of hydrogen-bond donors (Lipinski definition) is 1. The molecule has 0 spiro atoms. The van der Waals surface area contributed by atoms with Gasteiger partial charge in [-0.25, -0.2) is 9.50 Å². The molecule has 0 unspecified atom stereocenters. The average molecular weight is 290 g/mol. The first-order valence-corrected chi connectivity index (χ1v) is 7.44. The fourth-order valence-corrected chi connectivity index (χ4v) is 2.32.